The Morgan fingerprint density at radius 3 is 2.31 bits per heavy atom. The van der Waals surface area contributed by atoms with Crippen LogP contribution in [0.2, 0.25) is 0 Å². The van der Waals surface area contributed by atoms with E-state index in [4.69, 9.17) is 0 Å². The fourth-order valence-electron chi connectivity index (χ4n) is 3.03. The van der Waals surface area contributed by atoms with E-state index in [0.29, 0.717) is 6.04 Å². The van der Waals surface area contributed by atoms with E-state index in [2.05, 4.69) is 12.2 Å². The van der Waals surface area contributed by atoms with Crippen LogP contribution in [-0.4, -0.2) is 23.8 Å². The van der Waals surface area contributed by atoms with Gasteiger partial charge in [-0.1, -0.05) is 19.3 Å². The molecule has 0 aromatic carbocycles. The van der Waals surface area contributed by atoms with Gasteiger partial charge in [-0.05, 0) is 57.4 Å². The highest BCUT2D eigenvalue weighted by atomic mass is 16.3. The Morgan fingerprint density at radius 2 is 1.75 bits per heavy atom. The third-order valence-electron chi connectivity index (χ3n) is 4.48. The number of hydrogen-bond donors (Lipinski definition) is 2. The van der Waals surface area contributed by atoms with E-state index >= 15 is 0 Å². The van der Waals surface area contributed by atoms with Gasteiger partial charge >= 0.3 is 0 Å². The van der Waals surface area contributed by atoms with E-state index in [1.54, 1.807) is 0 Å². The molecule has 0 bridgehead atoms. The summed E-state index contributed by atoms with van der Waals surface area (Å²) in [5.74, 6) is 1.82. The molecule has 2 aliphatic rings. The molecule has 2 rings (SSSR count). The molecular formula is C14H27NO. The van der Waals surface area contributed by atoms with Crippen LogP contribution in [-0.2, 0) is 0 Å². The molecule has 2 aliphatic carbocycles. The van der Waals surface area contributed by atoms with E-state index in [1.165, 1.54) is 45.1 Å². The van der Waals surface area contributed by atoms with Gasteiger partial charge in [0.15, 0.2) is 0 Å². The maximum atomic E-state index is 9.44. The van der Waals surface area contributed by atoms with Crippen molar-refractivity contribution >= 4 is 0 Å². The highest BCUT2D eigenvalue weighted by Crippen LogP contribution is 2.30. The molecular weight excluding hydrogens is 198 g/mol. The van der Waals surface area contributed by atoms with E-state index < -0.39 is 0 Å². The van der Waals surface area contributed by atoms with Crippen molar-refractivity contribution in [2.75, 3.05) is 6.54 Å². The fraction of sp³-hybridized carbons (Fsp3) is 1.00. The standard InChI is InChI=1S/C14H27NO/c1-11(9-12-3-2-4-12)15-10-13-5-7-14(16)8-6-13/h11-16H,2-10H2,1H3. The second kappa shape index (κ2) is 6.02. The molecule has 16 heavy (non-hydrogen) atoms. The predicted octanol–water partition coefficient (Wildman–Crippen LogP) is 2.71. The Bertz CT molecular complexity index is 195. The number of hydrogen-bond acceptors (Lipinski definition) is 2. The van der Waals surface area contributed by atoms with Crippen LogP contribution >= 0.6 is 0 Å². The van der Waals surface area contributed by atoms with Crippen molar-refractivity contribution in [1.82, 2.24) is 5.32 Å². The highest BCUT2D eigenvalue weighted by molar-refractivity contribution is 4.77. The maximum absolute atomic E-state index is 9.44. The smallest absolute Gasteiger partial charge is 0.0540 e. The number of aliphatic hydroxyl groups excluding tert-OH is 1. The normalized spacial score (nSPS) is 33.4. The average molecular weight is 225 g/mol. The third kappa shape index (κ3) is 3.74. The zero-order valence-electron chi connectivity index (χ0n) is 10.6. The lowest BCUT2D eigenvalue weighted by atomic mass is 9.81. The molecule has 0 aliphatic heterocycles. The summed E-state index contributed by atoms with van der Waals surface area (Å²) in [7, 11) is 0. The van der Waals surface area contributed by atoms with Gasteiger partial charge in [0.25, 0.3) is 0 Å². The van der Waals surface area contributed by atoms with Gasteiger partial charge in [0.2, 0.25) is 0 Å². The maximum Gasteiger partial charge on any atom is 0.0540 e. The molecule has 2 nitrogen and oxygen atoms in total. The summed E-state index contributed by atoms with van der Waals surface area (Å²) in [6, 6.07) is 0.692. The summed E-state index contributed by atoms with van der Waals surface area (Å²) in [4.78, 5) is 0. The zero-order chi connectivity index (χ0) is 11.4. The van der Waals surface area contributed by atoms with Crippen LogP contribution in [0.15, 0.2) is 0 Å². The minimum absolute atomic E-state index is 0.0105. The predicted molar refractivity (Wildman–Crippen MR) is 67.4 cm³/mol. The molecule has 2 saturated carbocycles. The van der Waals surface area contributed by atoms with Crippen molar-refractivity contribution in [3.8, 4) is 0 Å². The van der Waals surface area contributed by atoms with E-state index in [1.807, 2.05) is 0 Å². The van der Waals surface area contributed by atoms with E-state index in [9.17, 15) is 5.11 Å². The molecule has 0 radical (unpaired) electrons. The Hall–Kier alpha value is -0.0800. The number of aliphatic hydroxyl groups is 1. The minimum Gasteiger partial charge on any atom is -0.393 e. The van der Waals surface area contributed by atoms with Gasteiger partial charge < -0.3 is 10.4 Å². The topological polar surface area (TPSA) is 32.3 Å². The van der Waals surface area contributed by atoms with Crippen LogP contribution in [0.5, 0.6) is 0 Å². The van der Waals surface area contributed by atoms with E-state index in [-0.39, 0.29) is 6.10 Å². The first kappa shape index (κ1) is 12.4. The second-order valence-electron chi connectivity index (χ2n) is 6.02. The molecule has 0 spiro atoms. The van der Waals surface area contributed by atoms with Crippen LogP contribution in [0.25, 0.3) is 0 Å². The third-order valence-corrected chi connectivity index (χ3v) is 4.48. The summed E-state index contributed by atoms with van der Waals surface area (Å²) in [6.45, 7) is 3.50. The second-order valence-corrected chi connectivity index (χ2v) is 6.02. The Balaban J connectivity index is 1.55. The largest absolute Gasteiger partial charge is 0.393 e. The number of rotatable bonds is 5. The SMILES string of the molecule is CC(CC1CCC1)NCC1CCC(O)CC1. The molecule has 0 amide bonds. The lowest BCUT2D eigenvalue weighted by Crippen LogP contribution is -2.35. The molecule has 1 unspecified atom stereocenters. The molecule has 0 heterocycles. The molecule has 2 fully saturated rings. The van der Waals surface area contributed by atoms with Crippen LogP contribution in [0.1, 0.15) is 58.3 Å². The Labute approximate surface area is 99.8 Å². The van der Waals surface area contributed by atoms with Crippen molar-refractivity contribution in [1.29, 1.82) is 0 Å². The summed E-state index contributed by atoms with van der Waals surface area (Å²) in [5.41, 5.74) is 0. The Morgan fingerprint density at radius 1 is 1.06 bits per heavy atom. The van der Waals surface area contributed by atoms with Gasteiger partial charge in [0.1, 0.15) is 0 Å². The lowest BCUT2D eigenvalue weighted by molar-refractivity contribution is 0.107. The molecule has 2 heteroatoms. The monoisotopic (exact) mass is 225 g/mol. The fourth-order valence-corrected chi connectivity index (χ4v) is 3.03. The molecule has 0 aromatic heterocycles. The van der Waals surface area contributed by atoms with Crippen molar-refractivity contribution < 1.29 is 5.11 Å². The Kier molecular flexibility index (Phi) is 4.66. The summed E-state index contributed by atoms with van der Waals surface area (Å²) in [5, 5.41) is 13.1. The van der Waals surface area contributed by atoms with Gasteiger partial charge in [0, 0.05) is 6.04 Å². The summed E-state index contributed by atoms with van der Waals surface area (Å²) >= 11 is 0. The molecule has 2 N–H and O–H groups in total. The molecule has 0 saturated heterocycles. The minimum atomic E-state index is -0.0105. The van der Waals surface area contributed by atoms with Crippen LogP contribution < -0.4 is 5.32 Å². The average Bonchev–Trinajstić information content (AvgIpc) is 2.23. The molecule has 1 atom stereocenters. The van der Waals surface area contributed by atoms with E-state index in [0.717, 1.165) is 24.7 Å². The van der Waals surface area contributed by atoms with Crippen LogP contribution in [0.3, 0.4) is 0 Å². The van der Waals surface area contributed by atoms with Gasteiger partial charge in [-0.25, -0.2) is 0 Å². The molecule has 94 valence electrons. The lowest BCUT2D eigenvalue weighted by Gasteiger charge is -2.30. The number of nitrogens with one attached hydrogen (secondary N) is 1. The first-order valence-electron chi connectivity index (χ1n) is 7.15. The molecule has 0 aromatic rings. The van der Waals surface area contributed by atoms with Crippen molar-refractivity contribution in [3.63, 3.8) is 0 Å². The van der Waals surface area contributed by atoms with Gasteiger partial charge in [-0.3, -0.25) is 0 Å². The zero-order valence-corrected chi connectivity index (χ0v) is 10.6. The van der Waals surface area contributed by atoms with Crippen molar-refractivity contribution in [3.05, 3.63) is 0 Å². The van der Waals surface area contributed by atoms with Crippen LogP contribution in [0.4, 0.5) is 0 Å². The van der Waals surface area contributed by atoms with Gasteiger partial charge in [-0.15, -0.1) is 0 Å². The van der Waals surface area contributed by atoms with Crippen molar-refractivity contribution in [2.45, 2.75) is 70.4 Å². The summed E-state index contributed by atoms with van der Waals surface area (Å²) < 4.78 is 0. The van der Waals surface area contributed by atoms with Crippen molar-refractivity contribution in [2.24, 2.45) is 11.8 Å². The van der Waals surface area contributed by atoms with Gasteiger partial charge in [0.05, 0.1) is 6.10 Å². The highest BCUT2D eigenvalue weighted by Gasteiger charge is 2.22. The van der Waals surface area contributed by atoms with Gasteiger partial charge in [-0.2, -0.15) is 0 Å². The first-order valence-corrected chi connectivity index (χ1v) is 7.15. The quantitative estimate of drug-likeness (QED) is 0.754. The first-order chi connectivity index (χ1) is 7.74. The van der Waals surface area contributed by atoms with Crippen LogP contribution in [0, 0.1) is 11.8 Å². The summed E-state index contributed by atoms with van der Waals surface area (Å²) in [6.07, 6.45) is 10.2.